The molecule has 2 nitrogen and oxygen atoms in total. The molecule has 0 amide bonds. The Morgan fingerprint density at radius 1 is 1.04 bits per heavy atom. The Labute approximate surface area is 149 Å². The third-order valence-electron chi connectivity index (χ3n) is 4.18. The molecule has 2 aromatic rings. The normalized spacial score (nSPS) is 16.0. The number of thioether (sulfide) groups is 1. The van der Waals surface area contributed by atoms with Crippen molar-refractivity contribution in [2.24, 2.45) is 0 Å². The van der Waals surface area contributed by atoms with Crippen molar-refractivity contribution in [2.45, 2.75) is 12.7 Å². The van der Waals surface area contributed by atoms with Gasteiger partial charge in [-0.05, 0) is 17.7 Å². The van der Waals surface area contributed by atoms with Crippen molar-refractivity contribution in [2.75, 3.05) is 24.6 Å². The maximum absolute atomic E-state index is 13.2. The predicted molar refractivity (Wildman–Crippen MR) is 93.9 cm³/mol. The van der Waals surface area contributed by atoms with Gasteiger partial charge in [-0.15, -0.1) is 0 Å². The summed E-state index contributed by atoms with van der Waals surface area (Å²) in [5.74, 6) is 1.57. The molecule has 2 aromatic carbocycles. The Balaban J connectivity index is 1.85. The van der Waals surface area contributed by atoms with Gasteiger partial charge in [0.2, 0.25) is 0 Å². The van der Waals surface area contributed by atoms with Crippen molar-refractivity contribution >= 4 is 17.5 Å². The monoisotopic (exact) mass is 365 g/mol. The molecule has 0 aliphatic carbocycles. The second kappa shape index (κ2) is 7.62. The van der Waals surface area contributed by atoms with Crippen LogP contribution in [0.3, 0.4) is 0 Å². The van der Waals surface area contributed by atoms with Crippen molar-refractivity contribution in [1.82, 2.24) is 4.90 Å². The van der Waals surface area contributed by atoms with Crippen LogP contribution < -0.4 is 0 Å². The first-order valence-corrected chi connectivity index (χ1v) is 9.20. The van der Waals surface area contributed by atoms with Crippen molar-refractivity contribution in [1.29, 1.82) is 0 Å². The molecule has 0 radical (unpaired) electrons. The van der Waals surface area contributed by atoms with Crippen LogP contribution >= 0.6 is 11.8 Å². The van der Waals surface area contributed by atoms with E-state index in [0.717, 1.165) is 36.2 Å². The van der Waals surface area contributed by atoms with Gasteiger partial charge in [-0.25, -0.2) is 0 Å². The summed E-state index contributed by atoms with van der Waals surface area (Å²) in [6, 6.07) is 11.9. The van der Waals surface area contributed by atoms with Crippen LogP contribution in [0.2, 0.25) is 0 Å². The minimum absolute atomic E-state index is 0.292. The summed E-state index contributed by atoms with van der Waals surface area (Å²) < 4.78 is 39.5. The second-order valence-corrected chi connectivity index (χ2v) is 7.19. The standard InChI is InChI=1S/C19H18F3NOS/c20-19(21,22)17-7-2-1-6-16(17)18(24)15-5-3-4-14(12-15)13-23-8-10-25-11-9-23/h1-7,12H,8-11,13H2. The minimum Gasteiger partial charge on any atom is -0.297 e. The first kappa shape index (κ1) is 18.0. The Kier molecular flexibility index (Phi) is 5.49. The second-order valence-electron chi connectivity index (χ2n) is 5.96. The highest BCUT2D eigenvalue weighted by atomic mass is 32.2. The smallest absolute Gasteiger partial charge is 0.297 e. The molecule has 0 aromatic heterocycles. The molecule has 1 aliphatic rings. The Morgan fingerprint density at radius 3 is 2.48 bits per heavy atom. The highest BCUT2D eigenvalue weighted by Gasteiger charge is 2.35. The Bertz CT molecular complexity index is 754. The van der Waals surface area contributed by atoms with Crippen LogP contribution in [-0.4, -0.2) is 35.3 Å². The maximum Gasteiger partial charge on any atom is 0.417 e. The molecule has 1 heterocycles. The molecule has 1 fully saturated rings. The van der Waals surface area contributed by atoms with E-state index < -0.39 is 17.5 Å². The maximum atomic E-state index is 13.2. The zero-order valence-electron chi connectivity index (χ0n) is 13.6. The van der Waals surface area contributed by atoms with E-state index in [-0.39, 0.29) is 5.56 Å². The molecule has 0 saturated carbocycles. The van der Waals surface area contributed by atoms with Gasteiger partial charge in [-0.1, -0.05) is 36.4 Å². The van der Waals surface area contributed by atoms with Crippen LogP contribution in [0.1, 0.15) is 27.0 Å². The number of ketones is 1. The van der Waals surface area contributed by atoms with Crippen molar-refractivity contribution in [3.05, 3.63) is 70.8 Å². The molecule has 25 heavy (non-hydrogen) atoms. The van der Waals surface area contributed by atoms with Crippen molar-refractivity contribution in [3.8, 4) is 0 Å². The van der Waals surface area contributed by atoms with E-state index in [1.807, 2.05) is 17.8 Å². The third kappa shape index (κ3) is 4.44. The van der Waals surface area contributed by atoms with Crippen LogP contribution in [0, 0.1) is 0 Å². The molecule has 6 heteroatoms. The summed E-state index contributed by atoms with van der Waals surface area (Å²) in [6.45, 7) is 2.68. The third-order valence-corrected chi connectivity index (χ3v) is 5.12. The van der Waals surface area contributed by atoms with Gasteiger partial charge in [0.25, 0.3) is 0 Å². The Hall–Kier alpha value is -1.79. The van der Waals surface area contributed by atoms with Gasteiger partial charge in [-0.2, -0.15) is 24.9 Å². The number of nitrogens with zero attached hydrogens (tertiary/aromatic N) is 1. The topological polar surface area (TPSA) is 20.3 Å². The molecule has 132 valence electrons. The van der Waals surface area contributed by atoms with Crippen LogP contribution in [0.25, 0.3) is 0 Å². The summed E-state index contributed by atoms with van der Waals surface area (Å²) in [6.07, 6.45) is -4.55. The number of hydrogen-bond donors (Lipinski definition) is 0. The highest BCUT2D eigenvalue weighted by Crippen LogP contribution is 2.33. The molecular weight excluding hydrogens is 347 g/mol. The summed E-state index contributed by atoms with van der Waals surface area (Å²) >= 11 is 1.92. The fourth-order valence-corrected chi connectivity index (χ4v) is 3.89. The number of hydrogen-bond acceptors (Lipinski definition) is 3. The lowest BCUT2D eigenvalue weighted by Gasteiger charge is -2.26. The molecule has 0 bridgehead atoms. The highest BCUT2D eigenvalue weighted by molar-refractivity contribution is 7.99. The van der Waals surface area contributed by atoms with Gasteiger partial charge in [-0.3, -0.25) is 9.69 Å². The number of rotatable bonds is 4. The van der Waals surface area contributed by atoms with E-state index in [1.165, 1.54) is 18.2 Å². The molecule has 0 unspecified atom stereocenters. The van der Waals surface area contributed by atoms with Crippen LogP contribution in [0.5, 0.6) is 0 Å². The number of halogens is 3. The van der Waals surface area contributed by atoms with Gasteiger partial charge >= 0.3 is 6.18 Å². The summed E-state index contributed by atoms with van der Waals surface area (Å²) in [5, 5.41) is 0. The van der Waals surface area contributed by atoms with Crippen LogP contribution in [0.15, 0.2) is 48.5 Å². The summed E-state index contributed by atoms with van der Waals surface area (Å²) in [5.41, 5.74) is 0.0443. The van der Waals surface area contributed by atoms with Gasteiger partial charge in [0, 0.05) is 42.3 Å². The van der Waals surface area contributed by atoms with Crippen LogP contribution in [-0.2, 0) is 12.7 Å². The SMILES string of the molecule is O=C(c1cccc(CN2CCSCC2)c1)c1ccccc1C(F)(F)F. The lowest BCUT2D eigenvalue weighted by Crippen LogP contribution is -2.32. The lowest BCUT2D eigenvalue weighted by molar-refractivity contribution is -0.137. The molecule has 1 saturated heterocycles. The zero-order valence-corrected chi connectivity index (χ0v) is 14.4. The average molecular weight is 365 g/mol. The van der Waals surface area contributed by atoms with Gasteiger partial charge < -0.3 is 0 Å². The number of carbonyl (C=O) groups excluding carboxylic acids is 1. The first-order valence-electron chi connectivity index (χ1n) is 8.05. The van der Waals surface area contributed by atoms with E-state index in [4.69, 9.17) is 0 Å². The van der Waals surface area contributed by atoms with Crippen molar-refractivity contribution in [3.63, 3.8) is 0 Å². The lowest BCUT2D eigenvalue weighted by atomic mass is 9.97. The molecule has 0 atom stereocenters. The summed E-state index contributed by atoms with van der Waals surface area (Å²) in [4.78, 5) is 14.9. The van der Waals surface area contributed by atoms with E-state index in [2.05, 4.69) is 4.90 Å². The molecular formula is C19H18F3NOS. The van der Waals surface area contributed by atoms with Crippen LogP contribution in [0.4, 0.5) is 13.2 Å². The predicted octanol–water partition coefficient (Wildman–Crippen LogP) is 4.49. The van der Waals surface area contributed by atoms with E-state index >= 15 is 0 Å². The molecule has 0 N–H and O–H groups in total. The largest absolute Gasteiger partial charge is 0.417 e. The molecule has 0 spiro atoms. The summed E-state index contributed by atoms with van der Waals surface area (Å²) in [7, 11) is 0. The zero-order chi connectivity index (χ0) is 17.9. The van der Waals surface area contributed by atoms with E-state index in [1.54, 1.807) is 18.2 Å². The quantitative estimate of drug-likeness (QED) is 0.745. The minimum atomic E-state index is -4.55. The fraction of sp³-hybridized carbons (Fsp3) is 0.316. The van der Waals surface area contributed by atoms with E-state index in [9.17, 15) is 18.0 Å². The number of alkyl halides is 3. The van der Waals surface area contributed by atoms with Gasteiger partial charge in [0.15, 0.2) is 5.78 Å². The number of carbonyl (C=O) groups is 1. The van der Waals surface area contributed by atoms with Gasteiger partial charge in [0.05, 0.1) is 5.56 Å². The van der Waals surface area contributed by atoms with Gasteiger partial charge in [0.1, 0.15) is 0 Å². The first-order chi connectivity index (χ1) is 11.9. The Morgan fingerprint density at radius 2 is 1.76 bits per heavy atom. The van der Waals surface area contributed by atoms with E-state index in [0.29, 0.717) is 12.1 Å². The number of benzene rings is 2. The van der Waals surface area contributed by atoms with Crippen molar-refractivity contribution < 1.29 is 18.0 Å². The molecule has 1 aliphatic heterocycles. The average Bonchev–Trinajstić information content (AvgIpc) is 2.61. The molecule has 3 rings (SSSR count). The fourth-order valence-electron chi connectivity index (χ4n) is 2.91.